The molecule has 0 amide bonds. The zero-order valence-corrected chi connectivity index (χ0v) is 24.0. The number of methoxy groups -OCH3 is 1. The fourth-order valence-electron chi connectivity index (χ4n) is 6.22. The number of anilines is 3. The molecule has 0 saturated carbocycles. The van der Waals surface area contributed by atoms with Crippen LogP contribution >= 0.6 is 0 Å². The van der Waals surface area contributed by atoms with Crippen molar-refractivity contribution in [1.29, 1.82) is 0 Å². The van der Waals surface area contributed by atoms with Crippen molar-refractivity contribution < 1.29 is 19.0 Å². The molecule has 3 aliphatic rings. The van der Waals surface area contributed by atoms with Crippen LogP contribution in [0.15, 0.2) is 48.5 Å². The van der Waals surface area contributed by atoms with Crippen molar-refractivity contribution in [3.05, 3.63) is 70.9 Å². The van der Waals surface area contributed by atoms with Crippen molar-refractivity contribution in [2.45, 2.75) is 25.4 Å². The summed E-state index contributed by atoms with van der Waals surface area (Å²) in [5.74, 6) is 1.28. The molecule has 3 aliphatic heterocycles. The molecule has 5 heterocycles. The highest BCUT2D eigenvalue weighted by Gasteiger charge is 2.43. The predicted octanol–water partition coefficient (Wildman–Crippen LogP) is 3.03. The predicted molar refractivity (Wildman–Crippen MR) is 159 cm³/mol. The molecule has 2 aromatic heterocycles. The van der Waals surface area contributed by atoms with Crippen LogP contribution < -0.4 is 14.7 Å². The highest BCUT2D eigenvalue weighted by Crippen LogP contribution is 2.43. The Labute approximate surface area is 244 Å². The van der Waals surface area contributed by atoms with Crippen molar-refractivity contribution in [3.8, 4) is 0 Å². The average molecular weight is 570 g/mol. The van der Waals surface area contributed by atoms with Crippen molar-refractivity contribution in [2.75, 3.05) is 74.4 Å². The highest BCUT2D eigenvalue weighted by molar-refractivity contribution is 5.89. The van der Waals surface area contributed by atoms with Gasteiger partial charge in [0, 0.05) is 49.2 Å². The molecule has 7 rings (SSSR count). The minimum Gasteiger partial charge on any atom is -0.467 e. The fourth-order valence-corrected chi connectivity index (χ4v) is 6.22. The monoisotopic (exact) mass is 569 g/mol. The topological polar surface area (TPSA) is 109 Å². The van der Waals surface area contributed by atoms with Gasteiger partial charge in [-0.15, -0.1) is 0 Å². The molecule has 2 saturated heterocycles. The van der Waals surface area contributed by atoms with Crippen LogP contribution in [0.2, 0.25) is 0 Å². The molecular formula is C31H35N7O4. The number of hydrogen-bond acceptors (Lipinski definition) is 10. The lowest BCUT2D eigenvalue weighted by molar-refractivity contribution is -0.142. The number of hydrogen-bond donors (Lipinski definition) is 1. The number of aryl methyl sites for hydroxylation is 1. The van der Waals surface area contributed by atoms with Crippen LogP contribution in [0.3, 0.4) is 0 Å². The van der Waals surface area contributed by atoms with Gasteiger partial charge < -0.3 is 33.9 Å². The summed E-state index contributed by atoms with van der Waals surface area (Å²) in [6.07, 6.45) is 0.458. The Balaban J connectivity index is 1.44. The number of rotatable bonds is 5. The van der Waals surface area contributed by atoms with Gasteiger partial charge in [-0.05, 0) is 24.1 Å². The minimum atomic E-state index is -0.648. The van der Waals surface area contributed by atoms with Gasteiger partial charge in [0.25, 0.3) is 0 Å². The number of nitrogens with one attached hydrogen (secondary N) is 1. The lowest BCUT2D eigenvalue weighted by Gasteiger charge is -2.41. The third-order valence-electron chi connectivity index (χ3n) is 8.42. The van der Waals surface area contributed by atoms with Crippen molar-refractivity contribution in [3.63, 3.8) is 0 Å². The summed E-state index contributed by atoms with van der Waals surface area (Å²) in [6.45, 7) is 7.21. The Bertz CT molecular complexity index is 1540. The molecule has 218 valence electrons. The molecule has 1 N–H and O–H groups in total. The maximum atomic E-state index is 13.6. The smallest absolute Gasteiger partial charge is 0.328 e. The number of benzene rings is 2. The molecule has 42 heavy (non-hydrogen) atoms. The normalized spacial score (nSPS) is 21.0. The third-order valence-corrected chi connectivity index (χ3v) is 8.42. The Hall–Kier alpha value is -4.22. The van der Waals surface area contributed by atoms with E-state index in [0.29, 0.717) is 76.9 Å². The van der Waals surface area contributed by atoms with Crippen molar-refractivity contribution >= 4 is 34.7 Å². The molecule has 2 fully saturated rings. The third kappa shape index (κ3) is 4.82. The van der Waals surface area contributed by atoms with Gasteiger partial charge in [0.2, 0.25) is 17.8 Å². The van der Waals surface area contributed by atoms with E-state index in [1.54, 1.807) is 0 Å². The van der Waals surface area contributed by atoms with Gasteiger partial charge in [0.1, 0.15) is 6.04 Å². The quantitative estimate of drug-likeness (QED) is 0.360. The Kier molecular flexibility index (Phi) is 7.12. The second-order valence-electron chi connectivity index (χ2n) is 11.0. The summed E-state index contributed by atoms with van der Waals surface area (Å²) in [5, 5.41) is 1.11. The maximum absolute atomic E-state index is 13.6. The van der Waals surface area contributed by atoms with Crippen LogP contribution in [0.1, 0.15) is 28.4 Å². The molecule has 11 heteroatoms. The van der Waals surface area contributed by atoms with E-state index >= 15 is 0 Å². The molecule has 2 aromatic carbocycles. The van der Waals surface area contributed by atoms with Crippen molar-refractivity contribution in [1.82, 2.24) is 19.9 Å². The molecule has 0 bridgehead atoms. The van der Waals surface area contributed by atoms with Crippen LogP contribution in [0.4, 0.5) is 17.8 Å². The van der Waals surface area contributed by atoms with Crippen LogP contribution in [-0.4, -0.2) is 91.7 Å². The number of carbonyl (C=O) groups is 1. The Morgan fingerprint density at radius 1 is 0.857 bits per heavy atom. The number of carbonyl (C=O) groups excluding carboxylic acids is 1. The van der Waals surface area contributed by atoms with E-state index in [4.69, 9.17) is 29.2 Å². The molecule has 0 spiro atoms. The number of aromatic nitrogens is 4. The molecule has 4 aromatic rings. The number of H-pyrrole nitrogens is 1. The molecule has 0 unspecified atom stereocenters. The lowest BCUT2D eigenvalue weighted by atomic mass is 9.88. The number of para-hydroxylation sites is 1. The lowest BCUT2D eigenvalue weighted by Crippen LogP contribution is -2.50. The highest BCUT2D eigenvalue weighted by atomic mass is 16.5. The number of nitrogens with zero attached hydrogens (tertiary/aromatic N) is 6. The SMILES string of the molecule is COC(=O)[C@@H]1Cc2c([nH]c3ccccc23)[C@H](c2ccc(C)cc2)N1c1nc(N2CCOCC2)nc(N2CCOCC2)n1. The summed E-state index contributed by atoms with van der Waals surface area (Å²) in [4.78, 5) is 38.6. The number of morpholine rings is 2. The number of aromatic amines is 1. The van der Waals surface area contributed by atoms with Gasteiger partial charge in [-0.1, -0.05) is 48.0 Å². The first kappa shape index (κ1) is 26.7. The molecule has 0 aliphatic carbocycles. The molecule has 11 nitrogen and oxygen atoms in total. The zero-order valence-electron chi connectivity index (χ0n) is 24.0. The number of esters is 1. The molecule has 2 atom stereocenters. The summed E-state index contributed by atoms with van der Waals surface area (Å²) in [5.41, 5.74) is 5.36. The summed E-state index contributed by atoms with van der Waals surface area (Å²) < 4.78 is 16.7. The second kappa shape index (κ2) is 11.2. The minimum absolute atomic E-state index is 0.329. The first-order valence-corrected chi connectivity index (χ1v) is 14.5. The maximum Gasteiger partial charge on any atom is 0.328 e. The van der Waals surface area contributed by atoms with Gasteiger partial charge in [-0.25, -0.2) is 4.79 Å². The first-order valence-electron chi connectivity index (χ1n) is 14.5. The Morgan fingerprint density at radius 2 is 1.45 bits per heavy atom. The van der Waals surface area contributed by atoms with Gasteiger partial charge in [-0.2, -0.15) is 15.0 Å². The largest absolute Gasteiger partial charge is 0.467 e. The van der Waals surface area contributed by atoms with E-state index in [0.717, 1.165) is 33.3 Å². The number of ether oxygens (including phenoxy) is 3. The van der Waals surface area contributed by atoms with E-state index in [1.807, 2.05) is 17.0 Å². The van der Waals surface area contributed by atoms with E-state index < -0.39 is 6.04 Å². The van der Waals surface area contributed by atoms with Crippen LogP contribution in [-0.2, 0) is 25.4 Å². The van der Waals surface area contributed by atoms with Gasteiger partial charge in [-0.3, -0.25) is 0 Å². The average Bonchev–Trinajstić information content (AvgIpc) is 3.43. The summed E-state index contributed by atoms with van der Waals surface area (Å²) >= 11 is 0. The Morgan fingerprint density at radius 3 is 2.07 bits per heavy atom. The van der Waals surface area contributed by atoms with E-state index in [-0.39, 0.29) is 12.0 Å². The van der Waals surface area contributed by atoms with E-state index in [2.05, 4.69) is 58.1 Å². The standard InChI is InChI=1S/C31H35N7O4/c1-20-7-9-21(10-8-20)27-26-23(22-5-3-4-6-24(22)32-26)19-25(28(39)40-2)38(27)31-34-29(36-11-15-41-16-12-36)33-30(35-31)37-13-17-42-18-14-37/h3-10,25,27,32H,11-19H2,1-2H3/t25-,27-/m0/s1. The van der Waals surface area contributed by atoms with Gasteiger partial charge >= 0.3 is 5.97 Å². The zero-order chi connectivity index (χ0) is 28.6. The van der Waals surface area contributed by atoms with Crippen LogP contribution in [0, 0.1) is 6.92 Å². The van der Waals surface area contributed by atoms with E-state index in [1.165, 1.54) is 7.11 Å². The van der Waals surface area contributed by atoms with E-state index in [9.17, 15) is 4.79 Å². The summed E-state index contributed by atoms with van der Waals surface area (Å²) in [7, 11) is 1.44. The van der Waals surface area contributed by atoms with Crippen LogP contribution in [0.5, 0.6) is 0 Å². The number of fused-ring (bicyclic) bond motifs is 3. The molecular weight excluding hydrogens is 534 g/mol. The fraction of sp³-hybridized carbons (Fsp3) is 0.419. The van der Waals surface area contributed by atoms with Crippen LogP contribution in [0.25, 0.3) is 10.9 Å². The summed E-state index contributed by atoms with van der Waals surface area (Å²) in [6, 6.07) is 15.7. The first-order chi connectivity index (χ1) is 20.6. The van der Waals surface area contributed by atoms with Crippen molar-refractivity contribution in [2.24, 2.45) is 0 Å². The second-order valence-corrected chi connectivity index (χ2v) is 11.0. The molecule has 0 radical (unpaired) electrons. The van der Waals surface area contributed by atoms with Gasteiger partial charge in [0.05, 0.1) is 39.6 Å². The van der Waals surface area contributed by atoms with Gasteiger partial charge in [0.15, 0.2) is 0 Å².